The van der Waals surface area contributed by atoms with E-state index >= 15 is 0 Å². The van der Waals surface area contributed by atoms with Gasteiger partial charge in [-0.15, -0.1) is 0 Å². The highest BCUT2D eigenvalue weighted by Gasteiger charge is 2.67. The van der Waals surface area contributed by atoms with Crippen molar-refractivity contribution in [1.82, 2.24) is 9.80 Å². The van der Waals surface area contributed by atoms with Crippen molar-refractivity contribution in [2.45, 2.75) is 69.6 Å². The molecule has 2 fully saturated rings. The van der Waals surface area contributed by atoms with Gasteiger partial charge in [-0.3, -0.25) is 9.69 Å². The van der Waals surface area contributed by atoms with Crippen LogP contribution in [-0.4, -0.2) is 66.2 Å². The van der Waals surface area contributed by atoms with E-state index in [4.69, 9.17) is 9.47 Å². The number of phenols is 1. The fourth-order valence-corrected chi connectivity index (χ4v) is 8.58. The average Bonchev–Trinajstić information content (AvgIpc) is 3.36. The monoisotopic (exact) mass is 576 g/mol. The first-order chi connectivity index (χ1) is 20.8. The molecule has 43 heavy (non-hydrogen) atoms. The summed E-state index contributed by atoms with van der Waals surface area (Å²) in [6.07, 6.45) is 4.36. The summed E-state index contributed by atoms with van der Waals surface area (Å²) in [4.78, 5) is 18.0. The molecule has 222 valence electrons. The minimum Gasteiger partial charge on any atom is -0.508 e. The molecule has 1 saturated carbocycles. The fraction of sp³-hybridized carbons (Fsp3) is 0.432. The number of hydrogen-bond donors (Lipinski definition) is 1. The van der Waals surface area contributed by atoms with Gasteiger partial charge in [0.2, 0.25) is 0 Å². The highest BCUT2D eigenvalue weighted by Crippen LogP contribution is 2.65. The zero-order chi connectivity index (χ0) is 29.9. The number of carbonyl (C=O) groups excluding carboxylic acids is 1. The van der Waals surface area contributed by atoms with Crippen LogP contribution in [0.15, 0.2) is 54.6 Å². The van der Waals surface area contributed by atoms with Crippen LogP contribution in [-0.2, 0) is 23.1 Å². The highest BCUT2D eigenvalue weighted by molar-refractivity contribution is 5.94. The van der Waals surface area contributed by atoms with Crippen molar-refractivity contribution in [3.8, 4) is 29.1 Å². The number of nitrogens with zero attached hydrogens (tertiary/aromatic N) is 2. The molecule has 7 rings (SSSR count). The van der Waals surface area contributed by atoms with Crippen LogP contribution in [0.25, 0.3) is 0 Å². The number of carbonyl (C=O) groups is 1. The van der Waals surface area contributed by atoms with Gasteiger partial charge in [0, 0.05) is 53.7 Å². The third-order valence-corrected chi connectivity index (χ3v) is 10.9. The number of piperidine rings is 1. The molecule has 1 saturated heterocycles. The number of ether oxygens (including phenoxy) is 2. The second kappa shape index (κ2) is 10.6. The van der Waals surface area contributed by atoms with E-state index in [0.717, 1.165) is 73.2 Å². The van der Waals surface area contributed by atoms with Crippen LogP contribution >= 0.6 is 0 Å². The van der Waals surface area contributed by atoms with Crippen molar-refractivity contribution in [3.63, 3.8) is 0 Å². The number of phenolic OH excluding ortho intramolecular Hbond substituents is 1. The molecule has 0 radical (unpaired) electrons. The SMILES string of the molecule is COc1cc(O)c2c3c1O[C@H]1[C@@H](N(C)C(=O)C#Cc4ccc(C)c(C)c4)CC[C@H]4[C@@H](C2)N(CCc2ccccc2)CC[C@@]341. The van der Waals surface area contributed by atoms with Crippen molar-refractivity contribution in [2.24, 2.45) is 5.92 Å². The van der Waals surface area contributed by atoms with E-state index in [9.17, 15) is 9.90 Å². The Morgan fingerprint density at radius 1 is 1.14 bits per heavy atom. The van der Waals surface area contributed by atoms with Gasteiger partial charge in [0.25, 0.3) is 5.91 Å². The standard InChI is InChI=1S/C37H40N2O4/c1-23-10-11-26(20-24(23)2)12-15-33(41)38(3)29-14-13-28-30-21-27-31(40)22-32(42-4)35-34(27)37(28,36(29)43-35)17-19-39(30)18-16-25-8-6-5-7-9-25/h5-11,20,22,28-30,36,40H,13-14,16-19,21H2,1-4H3/t28-,29-,30+,36-,37-/m0/s1. The molecule has 0 unspecified atom stereocenters. The van der Waals surface area contributed by atoms with Crippen molar-refractivity contribution in [3.05, 3.63) is 88.0 Å². The summed E-state index contributed by atoms with van der Waals surface area (Å²) < 4.78 is 12.7. The van der Waals surface area contributed by atoms with Gasteiger partial charge in [-0.25, -0.2) is 0 Å². The van der Waals surface area contributed by atoms with E-state index in [1.165, 1.54) is 11.1 Å². The predicted molar refractivity (Wildman–Crippen MR) is 167 cm³/mol. The first-order valence-corrected chi connectivity index (χ1v) is 15.6. The molecule has 2 aliphatic heterocycles. The molecule has 4 aliphatic rings. The Bertz CT molecular complexity index is 1640. The van der Waals surface area contributed by atoms with Crippen LogP contribution in [0.1, 0.15) is 52.6 Å². The van der Waals surface area contributed by atoms with Crippen molar-refractivity contribution in [2.75, 3.05) is 27.2 Å². The number of aromatic hydroxyl groups is 1. The number of benzene rings is 3. The van der Waals surface area contributed by atoms with Gasteiger partial charge in [-0.05, 0) is 87.2 Å². The minimum atomic E-state index is -0.276. The maximum atomic E-state index is 13.5. The Morgan fingerprint density at radius 3 is 2.72 bits per heavy atom. The molecule has 5 atom stereocenters. The maximum Gasteiger partial charge on any atom is 0.298 e. The number of aryl methyl sites for hydroxylation is 2. The smallest absolute Gasteiger partial charge is 0.298 e. The molecular formula is C37H40N2O4. The third-order valence-electron chi connectivity index (χ3n) is 10.9. The lowest BCUT2D eigenvalue weighted by Gasteiger charge is -2.60. The number of likely N-dealkylation sites (N-methyl/N-ethyl adjacent to an activating group) is 1. The topological polar surface area (TPSA) is 62.2 Å². The van der Waals surface area contributed by atoms with Crippen molar-refractivity contribution in [1.29, 1.82) is 0 Å². The van der Waals surface area contributed by atoms with Crippen LogP contribution in [0.2, 0.25) is 0 Å². The third kappa shape index (κ3) is 4.40. The zero-order valence-electron chi connectivity index (χ0n) is 25.5. The summed E-state index contributed by atoms with van der Waals surface area (Å²) in [7, 11) is 3.50. The molecule has 1 amide bonds. The Labute approximate surface area is 254 Å². The molecule has 6 nitrogen and oxygen atoms in total. The van der Waals surface area contributed by atoms with Crippen LogP contribution in [0, 0.1) is 31.6 Å². The van der Waals surface area contributed by atoms with Gasteiger partial charge in [0.15, 0.2) is 11.5 Å². The first-order valence-electron chi connectivity index (χ1n) is 15.6. The minimum absolute atomic E-state index is 0.125. The number of methoxy groups -OCH3 is 1. The Balaban J connectivity index is 1.22. The van der Waals surface area contributed by atoms with Crippen molar-refractivity contribution >= 4 is 5.91 Å². The van der Waals surface area contributed by atoms with Crippen molar-refractivity contribution < 1.29 is 19.4 Å². The van der Waals surface area contributed by atoms with Crippen LogP contribution in [0.5, 0.6) is 17.2 Å². The first kappa shape index (κ1) is 27.9. The van der Waals surface area contributed by atoms with Gasteiger partial charge in [-0.1, -0.05) is 42.3 Å². The lowest BCUT2D eigenvalue weighted by Crippen LogP contribution is -2.69. The fourth-order valence-electron chi connectivity index (χ4n) is 8.58. The maximum absolute atomic E-state index is 13.5. The number of amides is 1. The molecule has 3 aromatic rings. The van der Waals surface area contributed by atoms with E-state index in [1.54, 1.807) is 13.2 Å². The number of rotatable bonds is 5. The summed E-state index contributed by atoms with van der Waals surface area (Å²) in [5, 5.41) is 11.3. The Hall–Kier alpha value is -3.95. The second-order valence-corrected chi connectivity index (χ2v) is 12.9. The summed E-state index contributed by atoms with van der Waals surface area (Å²) in [5.41, 5.74) is 6.42. The molecule has 2 aliphatic carbocycles. The molecular weight excluding hydrogens is 536 g/mol. The molecule has 2 heterocycles. The van der Waals surface area contributed by atoms with Crippen LogP contribution in [0.3, 0.4) is 0 Å². The van der Waals surface area contributed by atoms with E-state index in [2.05, 4.69) is 60.9 Å². The normalized spacial score (nSPS) is 26.5. The molecule has 3 aromatic carbocycles. The summed E-state index contributed by atoms with van der Waals surface area (Å²) >= 11 is 0. The van der Waals surface area contributed by atoms with E-state index in [1.807, 2.05) is 30.1 Å². The Morgan fingerprint density at radius 2 is 1.95 bits per heavy atom. The highest BCUT2D eigenvalue weighted by atomic mass is 16.5. The molecule has 1 spiro atoms. The van der Waals surface area contributed by atoms with Gasteiger partial charge in [0.05, 0.1) is 13.2 Å². The molecule has 2 bridgehead atoms. The second-order valence-electron chi connectivity index (χ2n) is 12.9. The lowest BCUT2D eigenvalue weighted by atomic mass is 9.50. The molecule has 1 N–H and O–H groups in total. The predicted octanol–water partition coefficient (Wildman–Crippen LogP) is 5.18. The Kier molecular flexibility index (Phi) is 6.90. The average molecular weight is 577 g/mol. The quantitative estimate of drug-likeness (QED) is 0.425. The van der Waals surface area contributed by atoms with Gasteiger partial charge < -0.3 is 19.5 Å². The van der Waals surface area contributed by atoms with Gasteiger partial charge in [0.1, 0.15) is 11.9 Å². The summed E-state index contributed by atoms with van der Waals surface area (Å²) in [5.74, 6) is 7.82. The van der Waals surface area contributed by atoms with Crippen LogP contribution < -0.4 is 9.47 Å². The zero-order valence-corrected chi connectivity index (χ0v) is 25.5. The van der Waals surface area contributed by atoms with E-state index in [0.29, 0.717) is 23.5 Å². The largest absolute Gasteiger partial charge is 0.508 e. The number of hydrogen-bond acceptors (Lipinski definition) is 5. The van der Waals surface area contributed by atoms with Crippen LogP contribution in [0.4, 0.5) is 0 Å². The molecule has 6 heteroatoms. The van der Waals surface area contributed by atoms with E-state index in [-0.39, 0.29) is 23.5 Å². The van der Waals surface area contributed by atoms with Gasteiger partial charge in [-0.2, -0.15) is 0 Å². The van der Waals surface area contributed by atoms with E-state index < -0.39 is 0 Å². The summed E-state index contributed by atoms with van der Waals surface area (Å²) in [6, 6.07) is 18.6. The number of likely N-dealkylation sites (tertiary alicyclic amines) is 1. The van der Waals surface area contributed by atoms with Gasteiger partial charge >= 0.3 is 0 Å². The molecule has 0 aromatic heterocycles. The summed E-state index contributed by atoms with van der Waals surface area (Å²) in [6.45, 7) is 6.08. The lowest BCUT2D eigenvalue weighted by molar-refractivity contribution is -0.134.